The predicted molar refractivity (Wildman–Crippen MR) is 282 cm³/mol. The first-order valence-electron chi connectivity index (χ1n) is 24.0. The Morgan fingerprint density at radius 2 is 1.13 bits per heavy atom. The van der Waals surface area contributed by atoms with Gasteiger partial charge in [0.1, 0.15) is 54.3 Å². The van der Waals surface area contributed by atoms with Gasteiger partial charge in [-0.1, -0.05) is 60.7 Å². The number of para-hydroxylation sites is 1. The summed E-state index contributed by atoms with van der Waals surface area (Å²) in [5.41, 5.74) is 14.3. The molecule has 406 valence electrons. The number of hydrogen-bond acceptors (Lipinski definition) is 17. The van der Waals surface area contributed by atoms with Gasteiger partial charge in [-0.15, -0.1) is 0 Å². The van der Waals surface area contributed by atoms with Crippen LogP contribution in [0.4, 0.5) is 0 Å². The molecule has 10 atom stereocenters. The van der Waals surface area contributed by atoms with Crippen LogP contribution in [0.25, 0.3) is 10.9 Å². The third kappa shape index (κ3) is 18.8. The Bertz CT molecular complexity index is 2570. The monoisotopic (exact) mass is 1080 g/mol. The van der Waals surface area contributed by atoms with Gasteiger partial charge in [0.15, 0.2) is 0 Å². The number of benzene rings is 3. The normalized spacial score (nSPS) is 15.2. The Hall–Kier alpha value is -6.87. The first-order chi connectivity index (χ1) is 35.8. The van der Waals surface area contributed by atoms with Crippen molar-refractivity contribution in [3.8, 4) is 5.75 Å². The number of thiol groups is 2. The predicted octanol–water partition coefficient (Wildman–Crippen LogP) is -1.76. The number of carboxylic acids is 1. The van der Waals surface area contributed by atoms with E-state index in [9.17, 15) is 58.5 Å². The maximum atomic E-state index is 14.6. The smallest absolute Gasteiger partial charge is 0.374 e. The van der Waals surface area contributed by atoms with Crippen LogP contribution in [0.1, 0.15) is 49.8 Å². The maximum Gasteiger partial charge on any atom is 0.374 e. The van der Waals surface area contributed by atoms with Gasteiger partial charge in [-0.05, 0) is 87.4 Å². The van der Waals surface area contributed by atoms with Crippen molar-refractivity contribution in [2.24, 2.45) is 5.73 Å². The van der Waals surface area contributed by atoms with Crippen LogP contribution in [-0.4, -0.2) is 157 Å². The fraction of sp³-hybridized carbons (Fsp3) is 0.420. The van der Waals surface area contributed by atoms with Crippen molar-refractivity contribution >= 4 is 89.6 Å². The molecule has 0 fully saturated rings. The minimum Gasteiger partial charge on any atom is -0.508 e. The molecule has 23 nitrogen and oxygen atoms in total. The molecule has 0 aliphatic carbocycles. The average molecular weight is 1080 g/mol. The first-order valence-corrected chi connectivity index (χ1v) is 25.3. The number of nitrogens with one attached hydrogen (secondary N) is 9. The quantitative estimate of drug-likeness (QED) is 0.00847. The number of amides is 6. The number of unbranched alkanes of at least 4 members (excludes halogenated alkanes) is 1. The van der Waals surface area contributed by atoms with E-state index in [-0.39, 0.29) is 43.7 Å². The van der Waals surface area contributed by atoms with Crippen molar-refractivity contribution < 1.29 is 63.6 Å². The van der Waals surface area contributed by atoms with E-state index in [0.29, 0.717) is 35.8 Å². The minimum atomic E-state index is -1.93. The van der Waals surface area contributed by atoms with Gasteiger partial charge in [0, 0.05) is 35.0 Å². The second-order valence-electron chi connectivity index (χ2n) is 17.7. The Labute approximate surface area is 443 Å². The molecule has 0 saturated carbocycles. The van der Waals surface area contributed by atoms with Crippen LogP contribution in [0.5, 0.6) is 5.75 Å². The third-order valence-corrected chi connectivity index (χ3v) is 12.6. The van der Waals surface area contributed by atoms with Gasteiger partial charge in [0.25, 0.3) is 5.78 Å². The molecule has 15 N–H and O–H groups in total. The van der Waals surface area contributed by atoms with E-state index in [1.165, 1.54) is 19.1 Å². The van der Waals surface area contributed by atoms with Crippen molar-refractivity contribution in [3.63, 3.8) is 0 Å². The summed E-state index contributed by atoms with van der Waals surface area (Å²) in [7, 11) is 0. The summed E-state index contributed by atoms with van der Waals surface area (Å²) in [4.78, 5) is 122. The Kier molecular flexibility index (Phi) is 24.7. The fourth-order valence-electron chi connectivity index (χ4n) is 7.70. The van der Waals surface area contributed by atoms with Crippen LogP contribution in [0.2, 0.25) is 0 Å². The number of aliphatic hydroxyl groups is 2. The number of nitrogens with two attached hydrogens (primary N) is 1. The molecule has 4 aromatic rings. The van der Waals surface area contributed by atoms with Gasteiger partial charge in [0.05, 0.1) is 18.2 Å². The van der Waals surface area contributed by atoms with Crippen molar-refractivity contribution in [2.75, 3.05) is 18.1 Å². The number of H-pyrrole nitrogens is 1. The highest BCUT2D eigenvalue weighted by molar-refractivity contribution is 7.80. The standard InChI is InChI=1S/C50H66N10O13S2/c1-27(62)41(43(65)50(72)73)57-47(69)39(25-74)56-49(71)42(28(2)63)58-44(66)36(14-8-9-19-51)54-45(67)37(22-31-23-52-35-13-7-6-12-34(31)35)55-46(68)38(21-29-10-4-3-5-11-29)59-60-40(26-75)48(70)53-32(24-61)20-30-15-17-33(64)18-16-30/h3-7,10-13,15-18,23-24,27-28,32,36-42,52,59-60,62-64,74-75H,8-9,14,19-22,25-26,51H2,1-2H3,(H,53,70)(H,54,67)(H,55,68)(H,56,71)(H,57,69)(H,58,66)(H,72,73)/t27-,28-,32+,36?,37+,38?,39?,40?,41+,42+/m1/s1. The van der Waals surface area contributed by atoms with E-state index in [1.807, 2.05) is 18.2 Å². The van der Waals surface area contributed by atoms with Gasteiger partial charge in [-0.2, -0.15) is 25.3 Å². The zero-order valence-corrected chi connectivity index (χ0v) is 43.0. The number of carboxylic acid groups (broad SMARTS) is 1. The van der Waals surface area contributed by atoms with E-state index in [0.717, 1.165) is 17.8 Å². The molecule has 0 radical (unpaired) electrons. The molecule has 0 bridgehead atoms. The molecule has 4 rings (SSSR count). The number of aldehydes is 1. The Morgan fingerprint density at radius 1 is 0.600 bits per heavy atom. The van der Waals surface area contributed by atoms with Gasteiger partial charge in [-0.3, -0.25) is 33.6 Å². The number of fused-ring (bicyclic) bond motifs is 1. The highest BCUT2D eigenvalue weighted by Crippen LogP contribution is 2.20. The largest absolute Gasteiger partial charge is 0.508 e. The lowest BCUT2D eigenvalue weighted by Gasteiger charge is -2.28. The van der Waals surface area contributed by atoms with Gasteiger partial charge < -0.3 is 67.8 Å². The zero-order valence-electron chi connectivity index (χ0n) is 41.2. The highest BCUT2D eigenvalue weighted by atomic mass is 32.1. The number of Topliss-reactive ketones (excluding diaryl/α,β-unsaturated/α-hetero) is 1. The lowest BCUT2D eigenvalue weighted by Crippen LogP contribution is -2.63. The van der Waals surface area contributed by atoms with Crippen LogP contribution in [-0.2, 0) is 62.4 Å². The SMILES string of the molecule is C[C@@H](O)[C@H](NC(=O)C(CCCCN)NC(=O)[C@H](Cc1c[nH]c2ccccc12)NC(=O)C(Cc1ccccc1)NNC(CS)C(=O)N[C@H](C=O)Cc1ccc(O)cc1)C(=O)NC(CS)C(=O)N[C@H](C(=O)C(=O)O)[C@@H](C)O. The number of rotatable bonds is 32. The van der Waals surface area contributed by atoms with Crippen molar-refractivity contribution in [1.82, 2.24) is 47.7 Å². The molecular weight excluding hydrogens is 1010 g/mol. The number of carbonyl (C=O) groups is 9. The second kappa shape index (κ2) is 30.5. The topological polar surface area (TPSA) is 373 Å². The molecule has 75 heavy (non-hydrogen) atoms. The summed E-state index contributed by atoms with van der Waals surface area (Å²) >= 11 is 8.42. The van der Waals surface area contributed by atoms with E-state index in [1.54, 1.807) is 54.7 Å². The summed E-state index contributed by atoms with van der Waals surface area (Å²) < 4.78 is 0. The number of hydrazine groups is 1. The molecule has 3 aromatic carbocycles. The lowest BCUT2D eigenvalue weighted by atomic mass is 10.0. The Morgan fingerprint density at radius 3 is 1.75 bits per heavy atom. The average Bonchev–Trinajstić information content (AvgIpc) is 3.80. The third-order valence-electron chi connectivity index (χ3n) is 11.9. The molecule has 4 unspecified atom stereocenters. The number of ketones is 1. The number of aromatic nitrogens is 1. The molecule has 1 aromatic heterocycles. The zero-order chi connectivity index (χ0) is 55.2. The van der Waals surface area contributed by atoms with Gasteiger partial charge in [-0.25, -0.2) is 15.6 Å². The van der Waals surface area contributed by atoms with Crippen LogP contribution in [0.3, 0.4) is 0 Å². The number of aliphatic carboxylic acids is 1. The van der Waals surface area contributed by atoms with Crippen LogP contribution in [0.15, 0.2) is 85.1 Å². The minimum absolute atomic E-state index is 0.0318. The number of aliphatic hydroxyl groups excluding tert-OH is 2. The molecule has 0 aliphatic heterocycles. The molecule has 1 heterocycles. The van der Waals surface area contributed by atoms with Crippen molar-refractivity contribution in [2.45, 2.75) is 113 Å². The Balaban J connectivity index is 1.60. The van der Waals surface area contributed by atoms with E-state index >= 15 is 0 Å². The van der Waals surface area contributed by atoms with E-state index in [4.69, 9.17) is 10.8 Å². The molecule has 0 saturated heterocycles. The lowest BCUT2D eigenvalue weighted by molar-refractivity contribution is -0.152. The number of aromatic hydroxyl groups is 1. The molecule has 0 spiro atoms. The van der Waals surface area contributed by atoms with Crippen LogP contribution in [0, 0.1) is 0 Å². The van der Waals surface area contributed by atoms with Gasteiger partial charge >= 0.3 is 5.97 Å². The van der Waals surface area contributed by atoms with Crippen LogP contribution < -0.4 is 48.5 Å². The molecule has 0 aliphatic rings. The van der Waals surface area contributed by atoms with Crippen molar-refractivity contribution in [3.05, 3.63) is 102 Å². The highest BCUT2D eigenvalue weighted by Gasteiger charge is 2.37. The number of aromatic amines is 1. The first kappa shape index (κ1) is 60.7. The number of carbonyl (C=O) groups excluding carboxylic acids is 8. The van der Waals surface area contributed by atoms with E-state index in [2.05, 4.69) is 73.0 Å². The van der Waals surface area contributed by atoms with Crippen molar-refractivity contribution in [1.29, 1.82) is 0 Å². The summed E-state index contributed by atoms with van der Waals surface area (Å²) in [5, 5.41) is 55.3. The van der Waals surface area contributed by atoms with E-state index < -0.39 is 113 Å². The summed E-state index contributed by atoms with van der Waals surface area (Å²) in [6, 6.07) is 11.0. The molecular formula is C50H66N10O13S2. The number of phenolic OH excluding ortho intramolecular Hbond substituents is 1. The summed E-state index contributed by atoms with van der Waals surface area (Å²) in [6.07, 6.45) is -0.298. The fourth-order valence-corrected chi connectivity index (χ4v) is 8.21. The summed E-state index contributed by atoms with van der Waals surface area (Å²) in [5.74, 6) is -9.27. The molecule has 6 amide bonds. The van der Waals surface area contributed by atoms with Crippen LogP contribution >= 0.6 is 25.3 Å². The number of hydrogen-bond donors (Lipinski definition) is 16. The number of phenols is 1. The molecule has 25 heteroatoms. The summed E-state index contributed by atoms with van der Waals surface area (Å²) in [6.45, 7) is 2.46. The maximum absolute atomic E-state index is 14.6. The second-order valence-corrected chi connectivity index (χ2v) is 18.5. The van der Waals surface area contributed by atoms with Gasteiger partial charge in [0.2, 0.25) is 35.4 Å².